The number of nitrogens with one attached hydrogen (secondary N) is 1. The number of carbonyl (C=O) groups excluding carboxylic acids is 2. The van der Waals surface area contributed by atoms with E-state index in [1.807, 2.05) is 26.0 Å². The molecule has 0 aromatic heterocycles. The highest BCUT2D eigenvalue weighted by atomic mass is 35.5. The predicted molar refractivity (Wildman–Crippen MR) is 104 cm³/mol. The second kappa shape index (κ2) is 9.14. The van der Waals surface area contributed by atoms with Gasteiger partial charge in [0.05, 0.1) is 4.92 Å². The highest BCUT2D eigenvalue weighted by Gasteiger charge is 2.26. The lowest BCUT2D eigenvalue weighted by atomic mass is 10.1. The first kappa shape index (κ1) is 20.4. The van der Waals surface area contributed by atoms with E-state index in [1.54, 1.807) is 12.1 Å². The third-order valence-electron chi connectivity index (χ3n) is 3.92. The summed E-state index contributed by atoms with van der Waals surface area (Å²) >= 11 is 5.80. The van der Waals surface area contributed by atoms with Crippen molar-refractivity contribution in [1.29, 1.82) is 0 Å². The molecule has 27 heavy (non-hydrogen) atoms. The van der Waals surface area contributed by atoms with Crippen molar-refractivity contribution in [2.45, 2.75) is 20.3 Å². The highest BCUT2D eigenvalue weighted by molar-refractivity contribution is 6.31. The Hall–Kier alpha value is -2.93. The second-order valence-corrected chi connectivity index (χ2v) is 6.44. The molecular weight excluding hydrogens is 370 g/mol. The number of anilines is 1. The second-order valence-electron chi connectivity index (χ2n) is 6.01. The molecule has 0 spiro atoms. The number of benzene rings is 2. The smallest absolute Gasteiger partial charge is 0.283 e. The van der Waals surface area contributed by atoms with Gasteiger partial charge in [-0.3, -0.25) is 19.7 Å². The van der Waals surface area contributed by atoms with Gasteiger partial charge < -0.3 is 10.2 Å². The normalized spacial score (nSPS) is 10.3. The molecule has 0 aliphatic heterocycles. The number of amides is 2. The minimum absolute atomic E-state index is 0.0958. The number of hydrogen-bond donors (Lipinski definition) is 1. The van der Waals surface area contributed by atoms with Gasteiger partial charge in [0.25, 0.3) is 11.6 Å². The Morgan fingerprint density at radius 3 is 2.56 bits per heavy atom. The van der Waals surface area contributed by atoms with Gasteiger partial charge in [0.1, 0.15) is 12.1 Å². The summed E-state index contributed by atoms with van der Waals surface area (Å²) in [6.07, 6.45) is 0.602. The number of para-hydroxylation sites is 1. The number of halogens is 1. The van der Waals surface area contributed by atoms with E-state index in [-0.39, 0.29) is 28.7 Å². The molecule has 2 aromatic rings. The summed E-state index contributed by atoms with van der Waals surface area (Å²) in [7, 11) is 0. The van der Waals surface area contributed by atoms with Gasteiger partial charge in [-0.15, -0.1) is 0 Å². The van der Waals surface area contributed by atoms with E-state index in [0.717, 1.165) is 11.6 Å². The van der Waals surface area contributed by atoms with Gasteiger partial charge in [-0.1, -0.05) is 36.7 Å². The molecule has 142 valence electrons. The zero-order chi connectivity index (χ0) is 20.0. The third-order valence-corrected chi connectivity index (χ3v) is 4.16. The Balaban J connectivity index is 2.22. The van der Waals surface area contributed by atoms with Gasteiger partial charge in [-0.05, 0) is 37.1 Å². The Morgan fingerprint density at radius 1 is 1.22 bits per heavy atom. The van der Waals surface area contributed by atoms with Gasteiger partial charge >= 0.3 is 0 Å². The zero-order valence-corrected chi connectivity index (χ0v) is 15.8. The Kier molecular flexibility index (Phi) is 6.90. The van der Waals surface area contributed by atoms with Crippen LogP contribution in [0.2, 0.25) is 5.02 Å². The van der Waals surface area contributed by atoms with Crippen LogP contribution in [0.1, 0.15) is 29.3 Å². The highest BCUT2D eigenvalue weighted by Crippen LogP contribution is 2.24. The molecule has 0 saturated heterocycles. The molecule has 0 aliphatic carbocycles. The molecule has 0 saturated carbocycles. The summed E-state index contributed by atoms with van der Waals surface area (Å²) in [5.41, 5.74) is 1.07. The monoisotopic (exact) mass is 389 g/mol. The number of nitro groups is 1. The molecule has 2 rings (SSSR count). The first-order valence-electron chi connectivity index (χ1n) is 8.42. The molecule has 8 heteroatoms. The first-order valence-corrected chi connectivity index (χ1v) is 8.80. The minimum Gasteiger partial charge on any atom is -0.329 e. The molecular formula is C19H20ClN3O4. The van der Waals surface area contributed by atoms with Crippen LogP contribution in [0.15, 0.2) is 42.5 Å². The molecule has 0 atom stereocenters. The number of carbonyl (C=O) groups is 2. The van der Waals surface area contributed by atoms with Crippen LogP contribution in [0.3, 0.4) is 0 Å². The summed E-state index contributed by atoms with van der Waals surface area (Å²) in [6, 6.07) is 11.1. The SMILES string of the molecule is CCCN(CC(=O)Nc1ccccc1C)C(=O)c1ccc(Cl)cc1[N+](=O)[O-]. The summed E-state index contributed by atoms with van der Waals surface area (Å²) in [6.45, 7) is 3.80. The fraction of sp³-hybridized carbons (Fsp3) is 0.263. The maximum Gasteiger partial charge on any atom is 0.283 e. The van der Waals surface area contributed by atoms with Crippen molar-refractivity contribution in [2.75, 3.05) is 18.4 Å². The molecule has 2 amide bonds. The van der Waals surface area contributed by atoms with Crippen LogP contribution in [0.5, 0.6) is 0 Å². The van der Waals surface area contributed by atoms with E-state index in [9.17, 15) is 19.7 Å². The molecule has 0 bridgehead atoms. The van der Waals surface area contributed by atoms with Crippen molar-refractivity contribution >= 4 is 34.8 Å². The van der Waals surface area contributed by atoms with Gasteiger partial charge in [-0.25, -0.2) is 0 Å². The number of nitrogens with zero attached hydrogens (tertiary/aromatic N) is 2. The van der Waals surface area contributed by atoms with Gasteiger partial charge in [0, 0.05) is 23.3 Å². The lowest BCUT2D eigenvalue weighted by Crippen LogP contribution is -2.38. The van der Waals surface area contributed by atoms with Gasteiger partial charge in [-0.2, -0.15) is 0 Å². The molecule has 7 nitrogen and oxygen atoms in total. The molecule has 0 unspecified atom stereocenters. The number of aryl methyl sites for hydroxylation is 1. The number of hydrogen-bond acceptors (Lipinski definition) is 4. The van der Waals surface area contributed by atoms with Crippen LogP contribution >= 0.6 is 11.6 Å². The minimum atomic E-state index is -0.656. The average Bonchev–Trinajstić information content (AvgIpc) is 2.62. The van der Waals surface area contributed by atoms with Gasteiger partial charge in [0.2, 0.25) is 5.91 Å². The van der Waals surface area contributed by atoms with Crippen LogP contribution in [0.4, 0.5) is 11.4 Å². The largest absolute Gasteiger partial charge is 0.329 e. The van der Waals surface area contributed by atoms with Crippen molar-refractivity contribution < 1.29 is 14.5 Å². The van der Waals surface area contributed by atoms with Crippen molar-refractivity contribution in [1.82, 2.24) is 4.90 Å². The Labute approximate surface area is 162 Å². The fourth-order valence-electron chi connectivity index (χ4n) is 2.61. The summed E-state index contributed by atoms with van der Waals surface area (Å²) in [5, 5.41) is 14.2. The fourth-order valence-corrected chi connectivity index (χ4v) is 2.77. The first-order chi connectivity index (χ1) is 12.8. The van der Waals surface area contributed by atoms with E-state index in [1.165, 1.54) is 17.0 Å². The third kappa shape index (κ3) is 5.27. The number of nitro benzene ring substituents is 1. The maximum absolute atomic E-state index is 12.8. The van der Waals surface area contributed by atoms with E-state index < -0.39 is 10.8 Å². The van der Waals surface area contributed by atoms with Crippen molar-refractivity contribution in [3.8, 4) is 0 Å². The predicted octanol–water partition coefficient (Wildman–Crippen LogP) is 4.05. The van der Waals surface area contributed by atoms with Crippen LogP contribution < -0.4 is 5.32 Å². The maximum atomic E-state index is 12.8. The lowest BCUT2D eigenvalue weighted by molar-refractivity contribution is -0.385. The van der Waals surface area contributed by atoms with Crippen molar-refractivity contribution in [3.05, 3.63) is 68.7 Å². The Bertz CT molecular complexity index is 870. The van der Waals surface area contributed by atoms with E-state index >= 15 is 0 Å². The van der Waals surface area contributed by atoms with E-state index in [2.05, 4.69) is 5.32 Å². The average molecular weight is 390 g/mol. The molecule has 0 radical (unpaired) electrons. The topological polar surface area (TPSA) is 92.6 Å². The molecule has 1 N–H and O–H groups in total. The molecule has 0 fully saturated rings. The summed E-state index contributed by atoms with van der Waals surface area (Å²) in [5.74, 6) is -0.956. The Morgan fingerprint density at radius 2 is 1.93 bits per heavy atom. The van der Waals surface area contributed by atoms with Crippen LogP contribution in [0.25, 0.3) is 0 Å². The standard InChI is InChI=1S/C19H20ClN3O4/c1-3-10-22(12-18(24)21-16-7-5-4-6-13(16)2)19(25)15-9-8-14(20)11-17(15)23(26)27/h4-9,11H,3,10,12H2,1-2H3,(H,21,24). The summed E-state index contributed by atoms with van der Waals surface area (Å²) in [4.78, 5) is 37.1. The van der Waals surface area contributed by atoms with Crippen molar-refractivity contribution in [3.63, 3.8) is 0 Å². The number of rotatable bonds is 7. The van der Waals surface area contributed by atoms with Crippen molar-refractivity contribution in [2.24, 2.45) is 0 Å². The summed E-state index contributed by atoms with van der Waals surface area (Å²) < 4.78 is 0. The van der Waals surface area contributed by atoms with Crippen LogP contribution in [-0.4, -0.2) is 34.7 Å². The quantitative estimate of drug-likeness (QED) is 0.571. The molecule has 0 heterocycles. The van der Waals surface area contributed by atoms with E-state index in [4.69, 9.17) is 11.6 Å². The van der Waals surface area contributed by atoms with Crippen LogP contribution in [0, 0.1) is 17.0 Å². The van der Waals surface area contributed by atoms with E-state index in [0.29, 0.717) is 18.7 Å². The van der Waals surface area contributed by atoms with Crippen LogP contribution in [-0.2, 0) is 4.79 Å². The van der Waals surface area contributed by atoms with Gasteiger partial charge in [0.15, 0.2) is 0 Å². The zero-order valence-electron chi connectivity index (χ0n) is 15.1. The lowest BCUT2D eigenvalue weighted by Gasteiger charge is -2.22. The molecule has 0 aliphatic rings. The molecule has 2 aromatic carbocycles.